The number of hydrogen-bond acceptors (Lipinski definition) is 11. The van der Waals surface area contributed by atoms with E-state index in [1.807, 2.05) is 65.3 Å². The fourth-order valence-corrected chi connectivity index (χ4v) is 10.7. The van der Waals surface area contributed by atoms with Gasteiger partial charge in [-0.3, -0.25) is 38.4 Å². The lowest BCUT2D eigenvalue weighted by Crippen LogP contribution is -2.55. The fraction of sp³-hybridized carbons (Fsp3) is 0.640. The van der Waals surface area contributed by atoms with Gasteiger partial charge in [0.05, 0.1) is 48.4 Å². The molecule has 0 unspecified atom stereocenters. The van der Waals surface area contributed by atoms with Crippen LogP contribution in [0.2, 0.25) is 0 Å². The quantitative estimate of drug-likeness (QED) is 0.106. The number of nitrogens with one attached hydrogen (secondary N) is 3. The fourth-order valence-electron chi connectivity index (χ4n) is 9.50. The van der Waals surface area contributed by atoms with Crippen molar-refractivity contribution >= 4 is 51.0 Å². The molecule has 0 radical (unpaired) electrons. The van der Waals surface area contributed by atoms with Crippen LogP contribution < -0.4 is 15.4 Å². The Morgan fingerprint density at radius 1 is 0.829 bits per heavy atom. The number of halogens is 3. The molecule has 1 aliphatic rings. The number of anilines is 1. The minimum atomic E-state index is -5.13. The van der Waals surface area contributed by atoms with E-state index >= 15 is 0 Å². The summed E-state index contributed by atoms with van der Waals surface area (Å²) in [5.41, 5.74) is 0.477. The standard InChI is InChI=1S/C50H75F3N6O10S/c1-13-32(6)44(58(10)48(64)37(30(2)3)27-40(60)43(31(4)5)57(8)9)41(68-11)28-42(61)59-25-17-20-39(59)45(69-12)33(7)46(62)55-38(26-34-18-15-14-16-19-34)47(63)56-70(66,67)29-35-21-23-36(24-22-35)54-49(65)50(51,52)53/h14-16,18-19,21-24,30-33,37-39,41,43-45H,13,17,20,25-29H2,1-12H3,(H,54,65)(H,55,62)(H,56,63)/t32-,33+,37-,38-,39-,41+,43-,44-,45+/m0/s1. The van der Waals surface area contributed by atoms with Gasteiger partial charge in [0.15, 0.2) is 5.78 Å². The summed E-state index contributed by atoms with van der Waals surface area (Å²) >= 11 is 0. The van der Waals surface area contributed by atoms with Gasteiger partial charge in [0.1, 0.15) is 6.04 Å². The number of amides is 5. The van der Waals surface area contributed by atoms with Gasteiger partial charge in [0.25, 0.3) is 5.91 Å². The van der Waals surface area contributed by atoms with Crippen molar-refractivity contribution in [3.05, 3.63) is 65.7 Å². The first-order chi connectivity index (χ1) is 32.7. The van der Waals surface area contributed by atoms with E-state index in [-0.39, 0.29) is 71.9 Å². The lowest BCUT2D eigenvalue weighted by atomic mass is 9.83. The summed E-state index contributed by atoms with van der Waals surface area (Å²) in [7, 11) is 3.91. The summed E-state index contributed by atoms with van der Waals surface area (Å²) in [4.78, 5) is 86.9. The van der Waals surface area contributed by atoms with E-state index in [1.165, 1.54) is 26.4 Å². The molecular weight excluding hydrogens is 934 g/mol. The summed E-state index contributed by atoms with van der Waals surface area (Å²) < 4.78 is 78.6. The van der Waals surface area contributed by atoms with Gasteiger partial charge >= 0.3 is 12.1 Å². The number of ketones is 1. The Morgan fingerprint density at radius 2 is 1.44 bits per heavy atom. The number of carbonyl (C=O) groups is 6. The summed E-state index contributed by atoms with van der Waals surface area (Å²) in [5.74, 6) is -6.89. The largest absolute Gasteiger partial charge is 0.471 e. The normalized spacial score (nSPS) is 17.8. The van der Waals surface area contributed by atoms with Gasteiger partial charge in [-0.25, -0.2) is 8.42 Å². The van der Waals surface area contributed by atoms with Crippen LogP contribution in [0.15, 0.2) is 54.6 Å². The third-order valence-electron chi connectivity index (χ3n) is 13.3. The second kappa shape index (κ2) is 26.5. The number of likely N-dealkylation sites (tertiary alicyclic amines) is 1. The highest BCUT2D eigenvalue weighted by atomic mass is 32.2. The van der Waals surface area contributed by atoms with Crippen LogP contribution in [0.1, 0.15) is 91.7 Å². The number of hydrogen-bond donors (Lipinski definition) is 3. The number of alkyl halides is 3. The lowest BCUT2D eigenvalue weighted by molar-refractivity contribution is -0.167. The highest BCUT2D eigenvalue weighted by Gasteiger charge is 2.44. The van der Waals surface area contributed by atoms with E-state index in [9.17, 15) is 50.4 Å². The first-order valence-corrected chi connectivity index (χ1v) is 25.5. The molecule has 1 fully saturated rings. The molecule has 2 aromatic carbocycles. The van der Waals surface area contributed by atoms with Crippen molar-refractivity contribution in [3.63, 3.8) is 0 Å². The van der Waals surface area contributed by atoms with Gasteiger partial charge < -0.3 is 29.9 Å². The highest BCUT2D eigenvalue weighted by Crippen LogP contribution is 2.31. The minimum absolute atomic E-state index is 0.0119. The molecule has 0 aromatic heterocycles. The Bertz CT molecular complexity index is 2170. The molecule has 5 amide bonds. The molecule has 1 saturated heterocycles. The van der Waals surface area contributed by atoms with Crippen LogP contribution >= 0.6 is 0 Å². The SMILES string of the molecule is CC[C@H](C)[C@@H]([C@@H](CC(=O)N1CCC[C@H]1[C@H](OC)[C@@H](C)C(=O)N[C@@H](Cc1ccccc1)C(=O)NS(=O)(=O)Cc1ccc(NC(=O)C(F)(F)F)cc1)OC)N(C)C(=O)[C@@H](CC(=O)[C@H](C(C)C)N(C)C)C(C)C. The minimum Gasteiger partial charge on any atom is -0.379 e. The van der Waals surface area contributed by atoms with Crippen molar-refractivity contribution < 1.29 is 59.8 Å². The maximum Gasteiger partial charge on any atom is 0.471 e. The molecular formula is C50H75F3N6O10S. The Labute approximate surface area is 412 Å². The number of nitrogens with zero attached hydrogens (tertiary/aromatic N) is 3. The number of sulfonamides is 1. The third-order valence-corrected chi connectivity index (χ3v) is 14.5. The summed E-state index contributed by atoms with van der Waals surface area (Å²) in [6.45, 7) is 13.8. The van der Waals surface area contributed by atoms with Gasteiger partial charge in [0.2, 0.25) is 27.7 Å². The van der Waals surface area contributed by atoms with Crippen LogP contribution in [-0.4, -0.2) is 143 Å². The van der Waals surface area contributed by atoms with Gasteiger partial charge in [0, 0.05) is 52.3 Å². The summed E-state index contributed by atoms with van der Waals surface area (Å²) in [6, 6.07) is 10.3. The monoisotopic (exact) mass is 1010 g/mol. The molecule has 3 rings (SSSR count). The van der Waals surface area contributed by atoms with Gasteiger partial charge in [-0.15, -0.1) is 0 Å². The molecule has 16 nitrogen and oxygen atoms in total. The van der Waals surface area contributed by atoms with Crippen molar-refractivity contribution in [1.82, 2.24) is 24.7 Å². The van der Waals surface area contributed by atoms with Crippen molar-refractivity contribution in [2.45, 2.75) is 135 Å². The Hall–Kier alpha value is -4.92. The van der Waals surface area contributed by atoms with Crippen LogP contribution in [-0.2, 0) is 60.4 Å². The van der Waals surface area contributed by atoms with E-state index in [0.29, 0.717) is 31.4 Å². The Kier molecular flexibility index (Phi) is 22.5. The Morgan fingerprint density at radius 3 is 1.96 bits per heavy atom. The molecule has 1 heterocycles. The average Bonchev–Trinajstić information content (AvgIpc) is 3.77. The first-order valence-electron chi connectivity index (χ1n) is 23.8. The molecule has 20 heteroatoms. The zero-order chi connectivity index (χ0) is 52.8. The van der Waals surface area contributed by atoms with E-state index < -0.39 is 81.8 Å². The zero-order valence-electron chi connectivity index (χ0n) is 42.7. The maximum absolute atomic E-state index is 14.4. The predicted octanol–water partition coefficient (Wildman–Crippen LogP) is 5.60. The molecule has 392 valence electrons. The van der Waals surface area contributed by atoms with Crippen LogP contribution in [0.4, 0.5) is 18.9 Å². The van der Waals surface area contributed by atoms with E-state index in [2.05, 4.69) is 5.32 Å². The van der Waals surface area contributed by atoms with Gasteiger partial charge in [-0.1, -0.05) is 97.4 Å². The molecule has 1 aliphatic heterocycles. The van der Waals surface area contributed by atoms with Crippen molar-refractivity contribution in [1.29, 1.82) is 0 Å². The number of carbonyl (C=O) groups excluding carboxylic acids is 6. The number of benzene rings is 2. The van der Waals surface area contributed by atoms with Crippen molar-refractivity contribution in [2.75, 3.05) is 47.2 Å². The topological polar surface area (TPSA) is 201 Å². The highest BCUT2D eigenvalue weighted by molar-refractivity contribution is 7.89. The Balaban J connectivity index is 1.81. The van der Waals surface area contributed by atoms with E-state index in [1.54, 1.807) is 59.4 Å². The van der Waals surface area contributed by atoms with Gasteiger partial charge in [-0.2, -0.15) is 13.2 Å². The third kappa shape index (κ3) is 16.6. The maximum atomic E-state index is 14.4. The molecule has 0 saturated carbocycles. The number of Topliss-reactive ketones (excluding diaryl/α,β-unsaturated/α-hetero) is 1. The second-order valence-corrected chi connectivity index (χ2v) is 21.1. The van der Waals surface area contributed by atoms with Crippen LogP contribution in [0.3, 0.4) is 0 Å². The first kappa shape index (κ1) is 59.4. The number of rotatable bonds is 26. The summed E-state index contributed by atoms with van der Waals surface area (Å²) in [5, 5.41) is 4.38. The molecule has 0 aliphatic carbocycles. The van der Waals surface area contributed by atoms with Crippen molar-refractivity contribution in [3.8, 4) is 0 Å². The van der Waals surface area contributed by atoms with Crippen molar-refractivity contribution in [2.24, 2.45) is 29.6 Å². The van der Waals surface area contributed by atoms with E-state index in [4.69, 9.17) is 9.47 Å². The smallest absolute Gasteiger partial charge is 0.379 e. The van der Waals surface area contributed by atoms with Crippen LogP contribution in [0, 0.1) is 29.6 Å². The average molecular weight is 1010 g/mol. The molecule has 2 aromatic rings. The molecule has 70 heavy (non-hydrogen) atoms. The number of ether oxygens (including phenoxy) is 2. The summed E-state index contributed by atoms with van der Waals surface area (Å²) in [6.07, 6.45) is -5.08. The van der Waals surface area contributed by atoms with Crippen LogP contribution in [0.25, 0.3) is 0 Å². The predicted molar refractivity (Wildman–Crippen MR) is 260 cm³/mol. The van der Waals surface area contributed by atoms with E-state index in [0.717, 1.165) is 12.1 Å². The lowest BCUT2D eigenvalue weighted by Gasteiger charge is -2.41. The second-order valence-electron chi connectivity index (χ2n) is 19.4. The van der Waals surface area contributed by atoms with Gasteiger partial charge in [-0.05, 0) is 68.0 Å². The zero-order valence-corrected chi connectivity index (χ0v) is 43.5. The molecule has 3 N–H and O–H groups in total. The molecule has 9 atom stereocenters. The number of likely N-dealkylation sites (N-methyl/N-ethyl adjacent to an activating group) is 2. The molecule has 0 spiro atoms. The van der Waals surface area contributed by atoms with Crippen LogP contribution in [0.5, 0.6) is 0 Å². The number of methoxy groups -OCH3 is 2. The molecule has 0 bridgehead atoms.